The maximum absolute atomic E-state index is 12.4. The lowest BCUT2D eigenvalue weighted by atomic mass is 10.2. The van der Waals surface area contributed by atoms with Crippen LogP contribution in [0.25, 0.3) is 17.1 Å². The smallest absolute Gasteiger partial charge is 0.250 e. The molecule has 4 aromatic rings. The Kier molecular flexibility index (Phi) is 6.59. The van der Waals surface area contributed by atoms with Gasteiger partial charge in [-0.05, 0) is 37.4 Å². The second kappa shape index (κ2) is 9.72. The van der Waals surface area contributed by atoms with Crippen LogP contribution in [0.1, 0.15) is 17.4 Å². The summed E-state index contributed by atoms with van der Waals surface area (Å²) in [7, 11) is 0. The van der Waals surface area contributed by atoms with Crippen LogP contribution in [-0.2, 0) is 4.79 Å². The molecule has 8 heteroatoms. The molecule has 0 unspecified atom stereocenters. The van der Waals surface area contributed by atoms with Gasteiger partial charge >= 0.3 is 0 Å². The van der Waals surface area contributed by atoms with Gasteiger partial charge in [0.2, 0.25) is 0 Å². The van der Waals surface area contributed by atoms with Crippen LogP contribution in [0.5, 0.6) is 0 Å². The van der Waals surface area contributed by atoms with Crippen molar-refractivity contribution in [1.82, 2.24) is 20.2 Å². The van der Waals surface area contributed by atoms with Crippen molar-refractivity contribution in [2.75, 3.05) is 5.75 Å². The molecule has 0 fully saturated rings. The summed E-state index contributed by atoms with van der Waals surface area (Å²) in [6, 6.07) is 22.0. The maximum atomic E-state index is 12.4. The minimum absolute atomic E-state index is 0.181. The summed E-state index contributed by atoms with van der Waals surface area (Å²) in [5, 5.41) is 15.6. The van der Waals surface area contributed by atoms with Gasteiger partial charge in [-0.1, -0.05) is 65.9 Å². The summed E-state index contributed by atoms with van der Waals surface area (Å²) in [6.07, 6.45) is 0. The number of aryl methyl sites for hydroxylation is 1. The molecule has 2 aromatic heterocycles. The average Bonchev–Trinajstić information content (AvgIpc) is 3.48. The van der Waals surface area contributed by atoms with Crippen LogP contribution in [-0.4, -0.2) is 32.1 Å². The van der Waals surface area contributed by atoms with E-state index in [-0.39, 0.29) is 11.7 Å². The number of carbonyl (C=O) groups excluding carboxylic acids is 1. The lowest BCUT2D eigenvalue weighted by molar-refractivity contribution is -0.118. The van der Waals surface area contributed by atoms with Crippen molar-refractivity contribution in [3.63, 3.8) is 0 Å². The lowest BCUT2D eigenvalue weighted by Crippen LogP contribution is -2.21. The quantitative estimate of drug-likeness (QED) is 0.248. The number of hydrogen-bond acceptors (Lipinski definition) is 6. The first-order chi connectivity index (χ1) is 15.1. The monoisotopic (exact) mass is 447 g/mol. The molecule has 4 rings (SSSR count). The molecule has 0 spiro atoms. The fraction of sp³-hybridized carbons (Fsp3) is 0.130. The van der Waals surface area contributed by atoms with E-state index in [0.29, 0.717) is 5.16 Å². The molecular formula is C23H21N5OS2. The van der Waals surface area contributed by atoms with Gasteiger partial charge in [0, 0.05) is 16.1 Å². The van der Waals surface area contributed by atoms with Gasteiger partial charge in [0.15, 0.2) is 11.0 Å². The zero-order chi connectivity index (χ0) is 21.6. The van der Waals surface area contributed by atoms with Crippen molar-refractivity contribution in [3.05, 3.63) is 82.6 Å². The number of rotatable bonds is 7. The number of thioether (sulfide) groups is 1. The van der Waals surface area contributed by atoms with Crippen LogP contribution in [0.15, 0.2) is 82.4 Å². The predicted octanol–water partition coefficient (Wildman–Crippen LogP) is 4.94. The van der Waals surface area contributed by atoms with Gasteiger partial charge < -0.3 is 0 Å². The van der Waals surface area contributed by atoms with Crippen molar-refractivity contribution in [2.24, 2.45) is 5.10 Å². The van der Waals surface area contributed by atoms with Crippen LogP contribution in [0.3, 0.4) is 0 Å². The Balaban J connectivity index is 1.54. The van der Waals surface area contributed by atoms with Gasteiger partial charge in [0.25, 0.3) is 5.91 Å². The third kappa shape index (κ3) is 5.10. The van der Waals surface area contributed by atoms with Gasteiger partial charge in [-0.15, -0.1) is 21.5 Å². The van der Waals surface area contributed by atoms with Crippen molar-refractivity contribution in [1.29, 1.82) is 0 Å². The highest BCUT2D eigenvalue weighted by Crippen LogP contribution is 2.28. The normalized spacial score (nSPS) is 11.5. The van der Waals surface area contributed by atoms with E-state index in [1.165, 1.54) is 17.3 Å². The highest BCUT2D eigenvalue weighted by atomic mass is 32.2. The molecule has 0 saturated carbocycles. The molecule has 0 aliphatic carbocycles. The van der Waals surface area contributed by atoms with E-state index in [9.17, 15) is 4.79 Å². The average molecular weight is 448 g/mol. The number of nitrogens with one attached hydrogen (secondary N) is 1. The summed E-state index contributed by atoms with van der Waals surface area (Å²) in [5.74, 6) is 0.722. The van der Waals surface area contributed by atoms with Crippen molar-refractivity contribution in [3.8, 4) is 17.1 Å². The lowest BCUT2D eigenvalue weighted by Gasteiger charge is -2.10. The van der Waals surface area contributed by atoms with E-state index in [1.54, 1.807) is 11.3 Å². The van der Waals surface area contributed by atoms with Crippen molar-refractivity contribution >= 4 is 34.7 Å². The third-order valence-corrected chi connectivity index (χ3v) is 6.42. The first-order valence-corrected chi connectivity index (χ1v) is 11.6. The summed E-state index contributed by atoms with van der Waals surface area (Å²) in [4.78, 5) is 13.4. The molecule has 0 atom stereocenters. The highest BCUT2D eigenvalue weighted by Gasteiger charge is 2.17. The first-order valence-electron chi connectivity index (χ1n) is 9.69. The largest absolute Gasteiger partial charge is 0.272 e. The second-order valence-electron chi connectivity index (χ2n) is 6.84. The minimum Gasteiger partial charge on any atom is -0.272 e. The van der Waals surface area contributed by atoms with E-state index in [4.69, 9.17) is 0 Å². The van der Waals surface area contributed by atoms with E-state index < -0.39 is 0 Å². The summed E-state index contributed by atoms with van der Waals surface area (Å²) >= 11 is 2.91. The molecule has 31 heavy (non-hydrogen) atoms. The second-order valence-corrected chi connectivity index (χ2v) is 8.73. The van der Waals surface area contributed by atoms with Crippen molar-refractivity contribution < 1.29 is 4.79 Å². The SMILES string of the molecule is C/C(=N/NC(=O)CSc1nnc(-c2ccccc2)n1-c1ccc(C)cc1)c1cccs1. The minimum atomic E-state index is -0.194. The number of hydrogen-bond donors (Lipinski definition) is 1. The molecule has 2 aromatic carbocycles. The molecule has 0 radical (unpaired) electrons. The topological polar surface area (TPSA) is 72.2 Å². The van der Waals surface area contributed by atoms with E-state index in [0.717, 1.165) is 27.7 Å². The van der Waals surface area contributed by atoms with Crippen LogP contribution in [0.4, 0.5) is 0 Å². The molecular weight excluding hydrogens is 426 g/mol. The highest BCUT2D eigenvalue weighted by molar-refractivity contribution is 7.99. The number of carbonyl (C=O) groups is 1. The van der Waals surface area contributed by atoms with E-state index in [1.807, 2.05) is 90.5 Å². The fourth-order valence-corrected chi connectivity index (χ4v) is 4.33. The summed E-state index contributed by atoms with van der Waals surface area (Å²) in [5.41, 5.74) is 6.48. The Morgan fingerprint density at radius 1 is 1.06 bits per heavy atom. The Hall–Kier alpha value is -3.23. The number of thiophene rings is 1. The molecule has 0 bridgehead atoms. The molecule has 2 heterocycles. The van der Waals surface area contributed by atoms with Crippen LogP contribution in [0, 0.1) is 6.92 Å². The number of hydrazone groups is 1. The number of aromatic nitrogens is 3. The van der Waals surface area contributed by atoms with E-state index in [2.05, 4.69) is 20.7 Å². The van der Waals surface area contributed by atoms with Crippen LogP contribution >= 0.6 is 23.1 Å². The van der Waals surface area contributed by atoms with Gasteiger partial charge in [-0.2, -0.15) is 5.10 Å². The van der Waals surface area contributed by atoms with Gasteiger partial charge in [-0.25, -0.2) is 5.43 Å². The number of amides is 1. The molecule has 0 aliphatic rings. The Morgan fingerprint density at radius 3 is 2.55 bits per heavy atom. The predicted molar refractivity (Wildman–Crippen MR) is 127 cm³/mol. The van der Waals surface area contributed by atoms with Crippen LogP contribution < -0.4 is 5.43 Å². The number of benzene rings is 2. The Morgan fingerprint density at radius 2 is 1.84 bits per heavy atom. The van der Waals surface area contributed by atoms with Gasteiger partial charge in [0.05, 0.1) is 11.5 Å². The molecule has 6 nitrogen and oxygen atoms in total. The summed E-state index contributed by atoms with van der Waals surface area (Å²) < 4.78 is 1.98. The van der Waals surface area contributed by atoms with Crippen molar-refractivity contribution in [2.45, 2.75) is 19.0 Å². The van der Waals surface area contributed by atoms with E-state index >= 15 is 0 Å². The van der Waals surface area contributed by atoms with Gasteiger partial charge in [0.1, 0.15) is 0 Å². The molecule has 1 amide bonds. The van der Waals surface area contributed by atoms with Crippen LogP contribution in [0.2, 0.25) is 0 Å². The molecule has 0 saturated heterocycles. The molecule has 1 N–H and O–H groups in total. The maximum Gasteiger partial charge on any atom is 0.250 e. The third-order valence-electron chi connectivity index (χ3n) is 4.52. The first kappa shape index (κ1) is 21.0. The molecule has 156 valence electrons. The van der Waals surface area contributed by atoms with Gasteiger partial charge in [-0.3, -0.25) is 9.36 Å². The standard InChI is InChI=1S/C23H21N5OS2/c1-16-10-12-19(13-11-16)28-22(18-7-4-3-5-8-18)26-27-23(28)31-15-21(29)25-24-17(2)20-9-6-14-30-20/h3-14H,15H2,1-2H3,(H,25,29)/b24-17-. The number of nitrogens with zero attached hydrogens (tertiary/aromatic N) is 4. The molecule has 0 aliphatic heterocycles. The Labute approximate surface area is 189 Å². The Bertz CT molecular complexity index is 1180. The fourth-order valence-electron chi connectivity index (χ4n) is 2.91. The zero-order valence-electron chi connectivity index (χ0n) is 17.1. The summed E-state index contributed by atoms with van der Waals surface area (Å²) in [6.45, 7) is 3.92. The zero-order valence-corrected chi connectivity index (χ0v) is 18.8.